The number of rotatable bonds is 4. The van der Waals surface area contributed by atoms with Gasteiger partial charge in [0.15, 0.2) is 0 Å². The Morgan fingerprint density at radius 2 is 1.89 bits per heavy atom. The SMILES string of the molecule is O=C(O)[C@H]1CN(C(=O)c2cc(C3CC3)nc3ccc(Cl)cc23)C[C@@H]1C1CC1. The van der Waals surface area contributed by atoms with Gasteiger partial charge >= 0.3 is 5.97 Å². The first-order valence-electron chi connectivity index (χ1n) is 9.63. The smallest absolute Gasteiger partial charge is 0.308 e. The maximum atomic E-state index is 13.4. The minimum atomic E-state index is -0.788. The Kier molecular flexibility index (Phi) is 3.90. The lowest BCUT2D eigenvalue weighted by Gasteiger charge is -2.18. The normalized spacial score (nSPS) is 25.1. The Morgan fingerprint density at radius 3 is 2.56 bits per heavy atom. The number of nitrogens with zero attached hydrogens (tertiary/aromatic N) is 2. The Labute approximate surface area is 162 Å². The first-order valence-corrected chi connectivity index (χ1v) is 10.0. The van der Waals surface area contributed by atoms with E-state index < -0.39 is 11.9 Å². The largest absolute Gasteiger partial charge is 0.481 e. The average molecular weight is 385 g/mol. The molecule has 1 amide bonds. The van der Waals surface area contributed by atoms with Crippen LogP contribution in [0.2, 0.25) is 5.02 Å². The van der Waals surface area contributed by atoms with E-state index in [1.165, 1.54) is 0 Å². The number of amides is 1. The van der Waals surface area contributed by atoms with Crippen LogP contribution < -0.4 is 0 Å². The van der Waals surface area contributed by atoms with E-state index in [0.717, 1.165) is 42.3 Å². The van der Waals surface area contributed by atoms with Crippen LogP contribution >= 0.6 is 11.6 Å². The Bertz CT molecular complexity index is 952. The second-order valence-corrected chi connectivity index (χ2v) is 8.62. The van der Waals surface area contributed by atoms with Crippen molar-refractivity contribution in [3.8, 4) is 0 Å². The molecule has 2 aromatic rings. The van der Waals surface area contributed by atoms with Gasteiger partial charge in [-0.15, -0.1) is 0 Å². The fourth-order valence-corrected chi connectivity index (χ4v) is 4.58. The average Bonchev–Trinajstić information content (AvgIpc) is 3.57. The van der Waals surface area contributed by atoms with Gasteiger partial charge in [0.25, 0.3) is 5.91 Å². The van der Waals surface area contributed by atoms with Crippen LogP contribution in [0.4, 0.5) is 0 Å². The molecule has 1 N–H and O–H groups in total. The van der Waals surface area contributed by atoms with Crippen LogP contribution in [-0.4, -0.2) is 40.0 Å². The van der Waals surface area contributed by atoms with Crippen LogP contribution in [0.25, 0.3) is 10.9 Å². The van der Waals surface area contributed by atoms with Crippen molar-refractivity contribution in [2.45, 2.75) is 31.6 Å². The van der Waals surface area contributed by atoms with Crippen molar-refractivity contribution in [2.75, 3.05) is 13.1 Å². The van der Waals surface area contributed by atoms with Crippen molar-refractivity contribution in [2.24, 2.45) is 17.8 Å². The monoisotopic (exact) mass is 384 g/mol. The molecule has 5 rings (SSSR count). The van der Waals surface area contributed by atoms with Crippen molar-refractivity contribution in [1.29, 1.82) is 0 Å². The number of aliphatic carboxylic acids is 1. The standard InChI is InChI=1S/C21H21ClN2O3/c22-13-5-6-18-14(7-13)15(8-19(23-18)12-3-4-12)20(25)24-9-16(11-1-2-11)17(10-24)21(26)27/h5-8,11-12,16-17H,1-4,9-10H2,(H,26,27)/t16-,17+/m1/s1. The van der Waals surface area contributed by atoms with Crippen LogP contribution in [0.1, 0.15) is 47.7 Å². The van der Waals surface area contributed by atoms with Crippen LogP contribution in [0.3, 0.4) is 0 Å². The third kappa shape index (κ3) is 3.08. The quantitative estimate of drug-likeness (QED) is 0.866. The van der Waals surface area contributed by atoms with E-state index in [2.05, 4.69) is 0 Å². The van der Waals surface area contributed by atoms with E-state index in [4.69, 9.17) is 16.6 Å². The lowest BCUT2D eigenvalue weighted by Crippen LogP contribution is -2.30. The summed E-state index contributed by atoms with van der Waals surface area (Å²) >= 11 is 6.18. The molecule has 6 heteroatoms. The third-order valence-electron chi connectivity index (χ3n) is 6.21. The van der Waals surface area contributed by atoms with E-state index >= 15 is 0 Å². The molecule has 27 heavy (non-hydrogen) atoms. The van der Waals surface area contributed by atoms with Crippen molar-refractivity contribution < 1.29 is 14.7 Å². The van der Waals surface area contributed by atoms with Crippen LogP contribution in [0, 0.1) is 17.8 Å². The molecule has 0 unspecified atom stereocenters. The second-order valence-electron chi connectivity index (χ2n) is 8.19. The van der Waals surface area contributed by atoms with Crippen molar-refractivity contribution in [3.63, 3.8) is 0 Å². The molecule has 2 aliphatic carbocycles. The molecule has 0 radical (unpaired) electrons. The lowest BCUT2D eigenvalue weighted by molar-refractivity contribution is -0.142. The number of hydrogen-bond acceptors (Lipinski definition) is 3. The topological polar surface area (TPSA) is 70.5 Å². The summed E-state index contributed by atoms with van der Waals surface area (Å²) in [6.45, 7) is 0.822. The molecular formula is C21H21ClN2O3. The van der Waals surface area contributed by atoms with Gasteiger partial charge in [0.2, 0.25) is 0 Å². The number of benzene rings is 1. The maximum absolute atomic E-state index is 13.4. The number of hydrogen-bond donors (Lipinski definition) is 1. The highest BCUT2D eigenvalue weighted by molar-refractivity contribution is 6.31. The molecule has 1 saturated heterocycles. The molecule has 0 spiro atoms. The first kappa shape index (κ1) is 17.0. The molecule has 0 bridgehead atoms. The van der Waals surface area contributed by atoms with E-state index in [1.807, 2.05) is 12.1 Å². The number of carbonyl (C=O) groups is 2. The minimum absolute atomic E-state index is 0.0750. The molecular weight excluding hydrogens is 364 g/mol. The van der Waals surface area contributed by atoms with Crippen LogP contribution in [0.5, 0.6) is 0 Å². The van der Waals surface area contributed by atoms with Gasteiger partial charge in [-0.05, 0) is 61.8 Å². The summed E-state index contributed by atoms with van der Waals surface area (Å²) < 4.78 is 0. The number of carboxylic acids is 1. The van der Waals surface area contributed by atoms with Gasteiger partial charge in [-0.25, -0.2) is 0 Å². The second kappa shape index (κ2) is 6.20. The Balaban J connectivity index is 1.53. The predicted octanol–water partition coefficient (Wildman–Crippen LogP) is 3.95. The lowest BCUT2D eigenvalue weighted by atomic mass is 9.92. The summed E-state index contributed by atoms with van der Waals surface area (Å²) in [5.74, 6) is -0.382. The maximum Gasteiger partial charge on any atom is 0.308 e. The number of fused-ring (bicyclic) bond motifs is 1. The number of aromatic nitrogens is 1. The molecule has 140 valence electrons. The van der Waals surface area contributed by atoms with Gasteiger partial charge < -0.3 is 10.0 Å². The number of likely N-dealkylation sites (tertiary alicyclic amines) is 1. The molecule has 2 saturated carbocycles. The van der Waals surface area contributed by atoms with E-state index in [9.17, 15) is 14.7 Å². The van der Waals surface area contributed by atoms with Crippen molar-refractivity contribution in [3.05, 3.63) is 40.5 Å². The fraction of sp³-hybridized carbons (Fsp3) is 0.476. The van der Waals surface area contributed by atoms with Crippen LogP contribution in [0.15, 0.2) is 24.3 Å². The highest BCUT2D eigenvalue weighted by Gasteiger charge is 2.47. The first-order chi connectivity index (χ1) is 13.0. The zero-order valence-corrected chi connectivity index (χ0v) is 15.7. The Morgan fingerprint density at radius 1 is 1.11 bits per heavy atom. The van der Waals surface area contributed by atoms with Crippen molar-refractivity contribution >= 4 is 34.4 Å². The molecule has 1 aromatic heterocycles. The van der Waals surface area contributed by atoms with Gasteiger partial charge in [-0.2, -0.15) is 0 Å². The summed E-state index contributed by atoms with van der Waals surface area (Å²) in [4.78, 5) is 31.5. The number of carbonyl (C=O) groups excluding carboxylic acids is 1. The highest BCUT2D eigenvalue weighted by Crippen LogP contribution is 2.45. The molecule has 5 nitrogen and oxygen atoms in total. The molecule has 1 aliphatic heterocycles. The van der Waals surface area contributed by atoms with Gasteiger partial charge in [0.1, 0.15) is 0 Å². The summed E-state index contributed by atoms with van der Waals surface area (Å²) in [6.07, 6.45) is 4.37. The molecule has 3 fully saturated rings. The van der Waals surface area contributed by atoms with E-state index in [0.29, 0.717) is 35.5 Å². The third-order valence-corrected chi connectivity index (χ3v) is 6.45. The van der Waals surface area contributed by atoms with E-state index in [-0.39, 0.29) is 11.8 Å². The Hall–Kier alpha value is -2.14. The number of halogens is 1. The van der Waals surface area contributed by atoms with Gasteiger partial charge in [-0.3, -0.25) is 14.6 Å². The predicted molar refractivity (Wildman–Crippen MR) is 102 cm³/mol. The van der Waals surface area contributed by atoms with Gasteiger partial charge in [0.05, 0.1) is 17.0 Å². The summed E-state index contributed by atoms with van der Waals surface area (Å²) in [7, 11) is 0. The molecule has 3 aliphatic rings. The number of pyridine rings is 1. The van der Waals surface area contributed by atoms with E-state index in [1.54, 1.807) is 17.0 Å². The van der Waals surface area contributed by atoms with Crippen molar-refractivity contribution in [1.82, 2.24) is 9.88 Å². The van der Waals surface area contributed by atoms with Gasteiger partial charge in [0, 0.05) is 35.1 Å². The zero-order valence-electron chi connectivity index (χ0n) is 14.9. The minimum Gasteiger partial charge on any atom is -0.481 e. The molecule has 1 aromatic carbocycles. The highest BCUT2D eigenvalue weighted by atomic mass is 35.5. The zero-order chi connectivity index (χ0) is 18.7. The van der Waals surface area contributed by atoms with Gasteiger partial charge in [-0.1, -0.05) is 11.6 Å². The van der Waals surface area contributed by atoms with Crippen LogP contribution in [-0.2, 0) is 4.79 Å². The molecule has 2 atom stereocenters. The fourth-order valence-electron chi connectivity index (χ4n) is 4.41. The summed E-state index contributed by atoms with van der Waals surface area (Å²) in [5.41, 5.74) is 2.34. The summed E-state index contributed by atoms with van der Waals surface area (Å²) in [5, 5.41) is 10.9. The summed E-state index contributed by atoms with van der Waals surface area (Å²) in [6, 6.07) is 7.34. The number of carboxylic acid groups (broad SMARTS) is 1. The molecule has 2 heterocycles.